The first-order valence-corrected chi connectivity index (χ1v) is 7.94. The fourth-order valence-electron chi connectivity index (χ4n) is 2.57. The standard InChI is InChI=1S/C15H19N5OS/c1-10-5-6-22-14(10)12(18(2)3)8-20-9-16-11-7-19(4)17-13(11)15(20)21/h5-7,9,12H,8H2,1-4H3. The third-order valence-corrected chi connectivity index (χ3v) is 4.93. The average molecular weight is 317 g/mol. The van der Waals surface area contributed by atoms with Crippen LogP contribution in [0.2, 0.25) is 0 Å². The molecule has 0 aliphatic rings. The molecule has 6 nitrogen and oxygen atoms in total. The van der Waals surface area contributed by atoms with Crippen LogP contribution < -0.4 is 5.56 Å². The molecule has 0 N–H and O–H groups in total. The highest BCUT2D eigenvalue weighted by atomic mass is 32.1. The molecule has 3 heterocycles. The van der Waals surface area contributed by atoms with Gasteiger partial charge in [0.1, 0.15) is 5.52 Å². The lowest BCUT2D eigenvalue weighted by Crippen LogP contribution is -2.30. The van der Waals surface area contributed by atoms with Crippen LogP contribution in [0.15, 0.2) is 28.8 Å². The van der Waals surface area contributed by atoms with Gasteiger partial charge in [-0.1, -0.05) is 0 Å². The van der Waals surface area contributed by atoms with Crippen molar-refractivity contribution in [1.29, 1.82) is 0 Å². The molecule has 0 aromatic carbocycles. The lowest BCUT2D eigenvalue weighted by atomic mass is 10.1. The van der Waals surface area contributed by atoms with Gasteiger partial charge in [0.15, 0.2) is 5.52 Å². The highest BCUT2D eigenvalue weighted by Crippen LogP contribution is 2.28. The summed E-state index contributed by atoms with van der Waals surface area (Å²) in [5.74, 6) is 0. The van der Waals surface area contributed by atoms with Crippen molar-refractivity contribution < 1.29 is 0 Å². The van der Waals surface area contributed by atoms with E-state index in [1.807, 2.05) is 14.1 Å². The molecule has 0 aliphatic heterocycles. The minimum atomic E-state index is -0.0911. The van der Waals surface area contributed by atoms with Crippen molar-refractivity contribution in [3.63, 3.8) is 0 Å². The molecule has 22 heavy (non-hydrogen) atoms. The summed E-state index contributed by atoms with van der Waals surface area (Å²) in [4.78, 5) is 20.3. The largest absolute Gasteiger partial charge is 0.300 e. The molecule has 3 aromatic rings. The Morgan fingerprint density at radius 1 is 1.41 bits per heavy atom. The molecule has 0 radical (unpaired) electrons. The second-order valence-electron chi connectivity index (χ2n) is 5.69. The number of thiophene rings is 1. The van der Waals surface area contributed by atoms with Gasteiger partial charge in [0.05, 0.1) is 18.6 Å². The van der Waals surface area contributed by atoms with Gasteiger partial charge in [-0.2, -0.15) is 5.10 Å². The Kier molecular flexibility index (Phi) is 3.84. The zero-order valence-corrected chi connectivity index (χ0v) is 14.0. The highest BCUT2D eigenvalue weighted by Gasteiger charge is 2.20. The summed E-state index contributed by atoms with van der Waals surface area (Å²) < 4.78 is 3.27. The smallest absolute Gasteiger partial charge is 0.281 e. The van der Waals surface area contributed by atoms with Crippen LogP contribution in [0.5, 0.6) is 0 Å². The van der Waals surface area contributed by atoms with Crippen molar-refractivity contribution in [2.24, 2.45) is 7.05 Å². The molecule has 116 valence electrons. The van der Waals surface area contributed by atoms with Gasteiger partial charge in [-0.3, -0.25) is 14.0 Å². The van der Waals surface area contributed by atoms with Gasteiger partial charge in [-0.05, 0) is 38.0 Å². The van der Waals surface area contributed by atoms with E-state index in [-0.39, 0.29) is 11.6 Å². The number of aryl methyl sites for hydroxylation is 2. The quantitative estimate of drug-likeness (QED) is 0.736. The Bertz CT molecular complexity index is 860. The Hall–Kier alpha value is -1.99. The van der Waals surface area contributed by atoms with Gasteiger partial charge in [-0.25, -0.2) is 4.98 Å². The van der Waals surface area contributed by atoms with E-state index in [4.69, 9.17) is 0 Å². The van der Waals surface area contributed by atoms with Crippen LogP contribution in [0.1, 0.15) is 16.5 Å². The number of likely N-dealkylation sites (N-methyl/N-ethyl adjacent to an activating group) is 1. The summed E-state index contributed by atoms with van der Waals surface area (Å²) >= 11 is 1.72. The van der Waals surface area contributed by atoms with Gasteiger partial charge < -0.3 is 4.90 Å². The van der Waals surface area contributed by atoms with Crippen LogP contribution in [0.4, 0.5) is 0 Å². The third-order valence-electron chi connectivity index (χ3n) is 3.81. The van der Waals surface area contributed by atoms with E-state index in [9.17, 15) is 4.79 Å². The molecular formula is C15H19N5OS. The van der Waals surface area contributed by atoms with Crippen LogP contribution in [0, 0.1) is 6.92 Å². The van der Waals surface area contributed by atoms with Crippen molar-refractivity contribution in [2.45, 2.75) is 19.5 Å². The fourth-order valence-corrected chi connectivity index (χ4v) is 3.68. The number of nitrogens with zero attached hydrogens (tertiary/aromatic N) is 5. The van der Waals surface area contributed by atoms with Gasteiger partial charge in [0, 0.05) is 18.5 Å². The summed E-state index contributed by atoms with van der Waals surface area (Å²) in [7, 11) is 5.85. The lowest BCUT2D eigenvalue weighted by Gasteiger charge is -2.24. The van der Waals surface area contributed by atoms with Crippen molar-refractivity contribution in [3.8, 4) is 0 Å². The molecule has 0 aliphatic carbocycles. The van der Waals surface area contributed by atoms with Gasteiger partial charge in [-0.15, -0.1) is 11.3 Å². The molecule has 0 saturated heterocycles. The van der Waals surface area contributed by atoms with E-state index in [2.05, 4.69) is 33.4 Å². The Morgan fingerprint density at radius 2 is 2.18 bits per heavy atom. The molecule has 0 fully saturated rings. The van der Waals surface area contributed by atoms with E-state index in [1.54, 1.807) is 40.2 Å². The monoisotopic (exact) mass is 317 g/mol. The normalized spacial score (nSPS) is 13.1. The maximum Gasteiger partial charge on any atom is 0.281 e. The Balaban J connectivity index is 2.02. The zero-order chi connectivity index (χ0) is 15.9. The molecule has 0 bridgehead atoms. The van der Waals surface area contributed by atoms with Crippen LogP contribution in [0.3, 0.4) is 0 Å². The first kappa shape index (κ1) is 14.9. The van der Waals surface area contributed by atoms with Crippen molar-refractivity contribution in [2.75, 3.05) is 14.1 Å². The minimum absolute atomic E-state index is 0.0911. The SMILES string of the molecule is Cc1ccsc1C(Cn1cnc2cn(C)nc2c1=O)N(C)C. The summed E-state index contributed by atoms with van der Waals surface area (Å²) in [5.41, 5.74) is 2.22. The first-order chi connectivity index (χ1) is 10.5. The summed E-state index contributed by atoms with van der Waals surface area (Å²) in [6.45, 7) is 2.66. The summed E-state index contributed by atoms with van der Waals surface area (Å²) in [5, 5.41) is 6.30. The average Bonchev–Trinajstić information content (AvgIpc) is 3.04. The summed E-state index contributed by atoms with van der Waals surface area (Å²) in [6, 6.07) is 2.25. The number of hydrogen-bond donors (Lipinski definition) is 0. The van der Waals surface area contributed by atoms with Crippen molar-refractivity contribution in [1.82, 2.24) is 24.2 Å². The molecule has 0 spiro atoms. The van der Waals surface area contributed by atoms with Gasteiger partial charge >= 0.3 is 0 Å². The molecular weight excluding hydrogens is 298 g/mol. The zero-order valence-electron chi connectivity index (χ0n) is 13.1. The van der Waals surface area contributed by atoms with Gasteiger partial charge in [0.25, 0.3) is 5.56 Å². The summed E-state index contributed by atoms with van der Waals surface area (Å²) in [6.07, 6.45) is 3.37. The predicted molar refractivity (Wildman–Crippen MR) is 88.3 cm³/mol. The number of hydrogen-bond acceptors (Lipinski definition) is 5. The van der Waals surface area contributed by atoms with Crippen molar-refractivity contribution >= 4 is 22.4 Å². The van der Waals surface area contributed by atoms with E-state index in [0.717, 1.165) is 0 Å². The maximum atomic E-state index is 12.6. The molecule has 3 rings (SSSR count). The van der Waals surface area contributed by atoms with Crippen molar-refractivity contribution in [3.05, 3.63) is 44.8 Å². The fraction of sp³-hybridized carbons (Fsp3) is 0.400. The predicted octanol–water partition coefficient (Wildman–Crippen LogP) is 1.80. The lowest BCUT2D eigenvalue weighted by molar-refractivity contribution is 0.269. The molecule has 1 atom stereocenters. The molecule has 0 amide bonds. The Labute approximate surface area is 132 Å². The second kappa shape index (κ2) is 5.66. The molecule has 7 heteroatoms. The first-order valence-electron chi connectivity index (χ1n) is 7.06. The second-order valence-corrected chi connectivity index (χ2v) is 6.63. The minimum Gasteiger partial charge on any atom is -0.300 e. The Morgan fingerprint density at radius 3 is 2.82 bits per heavy atom. The topological polar surface area (TPSA) is 56.0 Å². The van der Waals surface area contributed by atoms with Crippen LogP contribution in [0.25, 0.3) is 11.0 Å². The van der Waals surface area contributed by atoms with E-state index >= 15 is 0 Å². The molecule has 3 aromatic heterocycles. The number of fused-ring (bicyclic) bond motifs is 1. The van der Waals surface area contributed by atoms with Crippen LogP contribution in [-0.4, -0.2) is 38.3 Å². The number of aromatic nitrogens is 4. The molecule has 1 unspecified atom stereocenters. The van der Waals surface area contributed by atoms with E-state index in [1.165, 1.54) is 10.4 Å². The van der Waals surface area contributed by atoms with Crippen LogP contribution >= 0.6 is 11.3 Å². The third kappa shape index (κ3) is 2.57. The van der Waals surface area contributed by atoms with E-state index < -0.39 is 0 Å². The maximum absolute atomic E-state index is 12.6. The van der Waals surface area contributed by atoms with E-state index in [0.29, 0.717) is 17.6 Å². The highest BCUT2D eigenvalue weighted by molar-refractivity contribution is 7.10. The van der Waals surface area contributed by atoms with Gasteiger partial charge in [0.2, 0.25) is 0 Å². The number of rotatable bonds is 4. The van der Waals surface area contributed by atoms with Crippen LogP contribution in [-0.2, 0) is 13.6 Å². The molecule has 0 saturated carbocycles.